The summed E-state index contributed by atoms with van der Waals surface area (Å²) in [6, 6.07) is 0. The highest BCUT2D eigenvalue weighted by molar-refractivity contribution is 7.47. The molecule has 3 N–H and O–H groups in total. The molecule has 1 unspecified atom stereocenters. The first-order valence-electron chi connectivity index (χ1n) is 20.7. The summed E-state index contributed by atoms with van der Waals surface area (Å²) >= 11 is 0. The third-order valence-corrected chi connectivity index (χ3v) is 9.49. The lowest BCUT2D eigenvalue weighted by Crippen LogP contribution is -2.29. The van der Waals surface area contributed by atoms with Crippen LogP contribution < -0.4 is 5.73 Å². The maximum absolute atomic E-state index is 12.6. The molecule has 0 fully saturated rings. The number of hydrogen-bond acceptors (Lipinski definition) is 8. The van der Waals surface area contributed by atoms with Gasteiger partial charge in [0.25, 0.3) is 0 Å². The second-order valence-corrected chi connectivity index (χ2v) is 15.0. The van der Waals surface area contributed by atoms with Crippen molar-refractivity contribution in [1.82, 2.24) is 0 Å². The minimum atomic E-state index is -4.39. The number of allylic oxidation sites excluding steroid dienone is 9. The Labute approximate surface area is 323 Å². The molecule has 0 aromatic rings. The second kappa shape index (κ2) is 39.4. The molecule has 0 radical (unpaired) electrons. The van der Waals surface area contributed by atoms with Crippen LogP contribution in [0.2, 0.25) is 0 Å². The molecule has 0 aromatic carbocycles. The van der Waals surface area contributed by atoms with E-state index in [1.807, 2.05) is 6.08 Å². The van der Waals surface area contributed by atoms with E-state index in [0.29, 0.717) is 6.42 Å². The molecule has 0 saturated heterocycles. The smallest absolute Gasteiger partial charge is 0.462 e. The van der Waals surface area contributed by atoms with E-state index in [4.69, 9.17) is 24.3 Å². The summed E-state index contributed by atoms with van der Waals surface area (Å²) in [6.07, 6.45) is 44.2. The molecular formula is C43H76NO8P. The first-order valence-corrected chi connectivity index (χ1v) is 22.2. The highest BCUT2D eigenvalue weighted by atomic mass is 31.2. The molecule has 0 bridgehead atoms. The third-order valence-electron chi connectivity index (χ3n) is 8.50. The van der Waals surface area contributed by atoms with E-state index in [1.165, 1.54) is 70.6 Å². The number of unbranched alkanes of at least 4 members (excludes halogenated alkanes) is 17. The van der Waals surface area contributed by atoms with E-state index in [0.717, 1.165) is 70.6 Å². The van der Waals surface area contributed by atoms with Crippen molar-refractivity contribution in [2.24, 2.45) is 5.73 Å². The molecule has 0 spiro atoms. The number of phosphoric acid groups is 1. The van der Waals surface area contributed by atoms with E-state index in [-0.39, 0.29) is 32.6 Å². The van der Waals surface area contributed by atoms with Crippen molar-refractivity contribution in [2.75, 3.05) is 26.4 Å². The number of esters is 2. The first-order chi connectivity index (χ1) is 25.8. The van der Waals surface area contributed by atoms with Crippen LogP contribution in [0, 0.1) is 0 Å². The minimum absolute atomic E-state index is 0.0451. The molecule has 0 aromatic heterocycles. The van der Waals surface area contributed by atoms with Crippen molar-refractivity contribution < 1.29 is 37.6 Å². The van der Waals surface area contributed by atoms with Crippen LogP contribution in [0.15, 0.2) is 61.3 Å². The molecule has 2 atom stereocenters. The fraction of sp³-hybridized carbons (Fsp3) is 0.721. The Hall–Kier alpha value is -2.29. The Morgan fingerprint density at radius 3 is 1.60 bits per heavy atom. The fourth-order valence-electron chi connectivity index (χ4n) is 5.43. The summed E-state index contributed by atoms with van der Waals surface area (Å²) < 4.78 is 32.7. The van der Waals surface area contributed by atoms with Crippen LogP contribution in [0.25, 0.3) is 0 Å². The zero-order chi connectivity index (χ0) is 38.9. The third kappa shape index (κ3) is 39.2. The van der Waals surface area contributed by atoms with Gasteiger partial charge in [-0.25, -0.2) is 4.57 Å². The van der Waals surface area contributed by atoms with Gasteiger partial charge in [0, 0.05) is 19.4 Å². The average molecular weight is 766 g/mol. The Kier molecular flexibility index (Phi) is 37.7. The van der Waals surface area contributed by atoms with Gasteiger partial charge in [-0.1, -0.05) is 145 Å². The largest absolute Gasteiger partial charge is 0.472 e. The molecular weight excluding hydrogens is 689 g/mol. The van der Waals surface area contributed by atoms with Gasteiger partial charge in [-0.2, -0.15) is 0 Å². The highest BCUT2D eigenvalue weighted by Crippen LogP contribution is 2.43. The summed E-state index contributed by atoms with van der Waals surface area (Å²) in [5.74, 6) is -0.871. The average Bonchev–Trinajstić information content (AvgIpc) is 3.14. The summed E-state index contributed by atoms with van der Waals surface area (Å²) in [5, 5.41) is 0. The van der Waals surface area contributed by atoms with Gasteiger partial charge in [-0.3, -0.25) is 18.6 Å². The van der Waals surface area contributed by atoms with Crippen LogP contribution >= 0.6 is 7.82 Å². The monoisotopic (exact) mass is 766 g/mol. The molecule has 0 aliphatic heterocycles. The number of carbonyl (C=O) groups excluding carboxylic acids is 2. The second-order valence-electron chi connectivity index (χ2n) is 13.6. The molecule has 0 heterocycles. The topological polar surface area (TPSA) is 134 Å². The Morgan fingerprint density at radius 1 is 0.623 bits per heavy atom. The van der Waals surface area contributed by atoms with Crippen LogP contribution in [0.5, 0.6) is 0 Å². The van der Waals surface area contributed by atoms with Gasteiger partial charge in [0.15, 0.2) is 6.10 Å². The molecule has 53 heavy (non-hydrogen) atoms. The molecule has 9 nitrogen and oxygen atoms in total. The number of hydrogen-bond donors (Lipinski definition) is 2. The zero-order valence-electron chi connectivity index (χ0n) is 33.3. The van der Waals surface area contributed by atoms with E-state index in [1.54, 1.807) is 0 Å². The van der Waals surface area contributed by atoms with E-state index >= 15 is 0 Å². The lowest BCUT2D eigenvalue weighted by atomic mass is 10.0. The molecule has 10 heteroatoms. The number of rotatable bonds is 39. The number of nitrogens with two attached hydrogens (primary N) is 1. The number of ether oxygens (including phenoxy) is 2. The van der Waals surface area contributed by atoms with Crippen molar-refractivity contribution in [1.29, 1.82) is 0 Å². The highest BCUT2D eigenvalue weighted by Gasteiger charge is 2.25. The van der Waals surface area contributed by atoms with Gasteiger partial charge in [0.1, 0.15) is 6.61 Å². The molecule has 0 aliphatic rings. The zero-order valence-corrected chi connectivity index (χ0v) is 34.2. The lowest BCUT2D eigenvalue weighted by Gasteiger charge is -2.19. The standard InChI is InChI=1S/C43H76NO8P/c1-3-5-7-9-11-13-15-17-19-20-22-24-26-28-30-32-34-36-43(46)52-41(40-51-53(47,48)50-38-37-44)39-49-42(45)35-33-31-29-27-25-23-21-18-16-14-12-10-8-6-4-2/h4,7,9,13,15,19-20,24,26,41H,2-3,5-6,8,10-12,14,16-18,21-23,25,27-40,44H2,1H3,(H,47,48)/b9-7+,15-13+,20-19+,26-24+/t41-/m1/s1. The quantitative estimate of drug-likeness (QED) is 0.0271. The number of phosphoric ester groups is 1. The maximum atomic E-state index is 12.6. The van der Waals surface area contributed by atoms with E-state index < -0.39 is 32.5 Å². The summed E-state index contributed by atoms with van der Waals surface area (Å²) in [5.41, 5.74) is 5.34. The normalized spacial score (nSPS) is 13.7. The molecule has 0 amide bonds. The molecule has 0 aliphatic carbocycles. The van der Waals surface area contributed by atoms with Gasteiger partial charge < -0.3 is 20.1 Å². The SMILES string of the molecule is C=CCCCCCCCCCCCCCCCC(=O)OC[C@H](COP(=O)(O)OCCN)OC(=O)CCCCC/C=C/C/C=C/C/C=C/C/C=C/CCC. The van der Waals surface area contributed by atoms with Gasteiger partial charge in [-0.05, 0) is 64.2 Å². The fourth-order valence-corrected chi connectivity index (χ4v) is 6.19. The number of carbonyl (C=O) groups is 2. The van der Waals surface area contributed by atoms with Crippen LogP contribution in [0.3, 0.4) is 0 Å². The molecule has 0 rings (SSSR count). The minimum Gasteiger partial charge on any atom is -0.462 e. The predicted octanol–water partition coefficient (Wildman–Crippen LogP) is 11.7. The molecule has 306 valence electrons. The van der Waals surface area contributed by atoms with Crippen molar-refractivity contribution in [3.05, 3.63) is 61.3 Å². The van der Waals surface area contributed by atoms with Crippen LogP contribution in [0.1, 0.15) is 167 Å². The Balaban J connectivity index is 4.23. The summed E-state index contributed by atoms with van der Waals surface area (Å²) in [4.78, 5) is 34.8. The maximum Gasteiger partial charge on any atom is 0.472 e. The first kappa shape index (κ1) is 50.7. The van der Waals surface area contributed by atoms with Crippen molar-refractivity contribution >= 4 is 19.8 Å². The summed E-state index contributed by atoms with van der Waals surface area (Å²) in [7, 11) is -4.39. The molecule has 0 saturated carbocycles. The Bertz CT molecular complexity index is 1040. The van der Waals surface area contributed by atoms with Gasteiger partial charge in [-0.15, -0.1) is 6.58 Å². The summed E-state index contributed by atoms with van der Waals surface area (Å²) in [6.45, 7) is 5.13. The van der Waals surface area contributed by atoms with Gasteiger partial charge >= 0.3 is 19.8 Å². The Morgan fingerprint density at radius 2 is 1.08 bits per heavy atom. The lowest BCUT2D eigenvalue weighted by molar-refractivity contribution is -0.161. The van der Waals surface area contributed by atoms with Gasteiger partial charge in [0.2, 0.25) is 0 Å². The predicted molar refractivity (Wildman–Crippen MR) is 219 cm³/mol. The van der Waals surface area contributed by atoms with E-state index in [2.05, 4.69) is 62.1 Å². The van der Waals surface area contributed by atoms with Crippen molar-refractivity contribution in [3.8, 4) is 0 Å². The van der Waals surface area contributed by atoms with Crippen LogP contribution in [-0.4, -0.2) is 49.3 Å². The van der Waals surface area contributed by atoms with Crippen LogP contribution in [0.4, 0.5) is 0 Å². The van der Waals surface area contributed by atoms with Gasteiger partial charge in [0.05, 0.1) is 13.2 Å². The van der Waals surface area contributed by atoms with Crippen molar-refractivity contribution in [3.63, 3.8) is 0 Å². The van der Waals surface area contributed by atoms with E-state index in [9.17, 15) is 19.0 Å². The van der Waals surface area contributed by atoms with Crippen LogP contribution in [-0.2, 0) is 32.7 Å². The van der Waals surface area contributed by atoms with Crippen molar-refractivity contribution in [2.45, 2.75) is 174 Å².